The lowest BCUT2D eigenvalue weighted by Crippen LogP contribution is -2.18. The quantitative estimate of drug-likeness (QED) is 0.778. The first-order valence-electron chi connectivity index (χ1n) is 8.63. The van der Waals surface area contributed by atoms with Gasteiger partial charge in [0.05, 0.1) is 23.8 Å². The Labute approximate surface area is 159 Å². The molecule has 1 radical (unpaired) electrons. The number of thiophene rings is 1. The number of aromatic carboxylic acids is 1. The molecule has 1 aliphatic rings. The summed E-state index contributed by atoms with van der Waals surface area (Å²) < 4.78 is 11.9. The minimum absolute atomic E-state index is 0.0880. The van der Waals surface area contributed by atoms with Gasteiger partial charge in [-0.25, -0.2) is 9.78 Å². The first-order chi connectivity index (χ1) is 12.2. The molecule has 2 aromatic heterocycles. The first-order valence-corrected chi connectivity index (χ1v) is 11.9. The highest BCUT2D eigenvalue weighted by Gasteiger charge is 2.27. The van der Waals surface area contributed by atoms with Crippen LogP contribution in [0.2, 0.25) is 13.1 Å². The maximum atomic E-state index is 11.4. The molecule has 0 aliphatic carbocycles. The average Bonchev–Trinajstić information content (AvgIpc) is 2.89. The number of carbonyl (C=O) groups is 1. The summed E-state index contributed by atoms with van der Waals surface area (Å²) in [4.78, 5) is 17.5. The van der Waals surface area contributed by atoms with Crippen LogP contribution in [0.3, 0.4) is 0 Å². The molecule has 3 heterocycles. The zero-order valence-corrected chi connectivity index (χ0v) is 17.6. The molecule has 3 rings (SSSR count). The number of hydrogen-bond donors (Lipinski definition) is 1. The molecule has 0 amide bonds. The lowest BCUT2D eigenvalue weighted by molar-refractivity contribution is 0.0702. The third-order valence-electron chi connectivity index (χ3n) is 4.24. The average molecular weight is 391 g/mol. The summed E-state index contributed by atoms with van der Waals surface area (Å²) in [6, 6.07) is 3.81. The molecule has 1 N–H and O–H groups in total. The van der Waals surface area contributed by atoms with E-state index in [0.29, 0.717) is 24.5 Å². The monoisotopic (exact) mass is 390 g/mol. The van der Waals surface area contributed by atoms with Gasteiger partial charge in [-0.2, -0.15) is 0 Å². The topological polar surface area (TPSA) is 68.7 Å². The Kier molecular flexibility index (Phi) is 5.23. The summed E-state index contributed by atoms with van der Waals surface area (Å²) in [5.74, 6) is -0.167. The van der Waals surface area contributed by atoms with Gasteiger partial charge >= 0.3 is 5.97 Å². The molecule has 0 atom stereocenters. The molecule has 139 valence electrons. The van der Waals surface area contributed by atoms with Crippen LogP contribution in [0.4, 0.5) is 0 Å². The van der Waals surface area contributed by atoms with E-state index in [9.17, 15) is 9.90 Å². The van der Waals surface area contributed by atoms with E-state index in [1.54, 1.807) is 6.07 Å². The van der Waals surface area contributed by atoms with Gasteiger partial charge in [-0.05, 0) is 41.8 Å². The van der Waals surface area contributed by atoms with E-state index in [1.165, 1.54) is 11.3 Å². The highest BCUT2D eigenvalue weighted by molar-refractivity contribution is 7.17. The van der Waals surface area contributed by atoms with Crippen molar-refractivity contribution in [3.63, 3.8) is 0 Å². The second-order valence-electron chi connectivity index (χ2n) is 7.64. The molecule has 0 saturated carbocycles. The van der Waals surface area contributed by atoms with Crippen molar-refractivity contribution in [1.82, 2.24) is 4.98 Å². The number of carboxylic acids is 1. The van der Waals surface area contributed by atoms with Crippen molar-refractivity contribution in [2.45, 2.75) is 52.3 Å². The Morgan fingerprint density at radius 3 is 2.73 bits per heavy atom. The smallest absolute Gasteiger partial charge is 0.345 e. The molecule has 2 aromatic rings. The molecule has 0 bridgehead atoms. The molecule has 7 heteroatoms. The van der Waals surface area contributed by atoms with Crippen molar-refractivity contribution >= 4 is 26.3 Å². The molecule has 0 spiro atoms. The molecular weight excluding hydrogens is 366 g/mol. The predicted molar refractivity (Wildman–Crippen MR) is 105 cm³/mol. The maximum Gasteiger partial charge on any atom is 0.345 e. The fraction of sp³-hybridized carbons (Fsp3) is 0.474. The third-order valence-corrected chi connectivity index (χ3v) is 6.13. The molecule has 0 fully saturated rings. The van der Waals surface area contributed by atoms with Crippen molar-refractivity contribution in [2.24, 2.45) is 0 Å². The summed E-state index contributed by atoms with van der Waals surface area (Å²) in [6.07, 6.45) is 0.684. The number of carboxylic acid groups (broad SMARTS) is 1. The van der Waals surface area contributed by atoms with Crippen LogP contribution in [-0.2, 0) is 22.9 Å². The van der Waals surface area contributed by atoms with E-state index in [2.05, 4.69) is 39.9 Å². The molecule has 0 saturated heterocycles. The van der Waals surface area contributed by atoms with Crippen LogP contribution in [0.15, 0.2) is 12.1 Å². The summed E-state index contributed by atoms with van der Waals surface area (Å²) in [6.45, 7) is 11.6. The summed E-state index contributed by atoms with van der Waals surface area (Å²) >= 11 is 1.27. The van der Waals surface area contributed by atoms with Gasteiger partial charge in [0.2, 0.25) is 9.04 Å². The van der Waals surface area contributed by atoms with Gasteiger partial charge in [0.25, 0.3) is 0 Å². The summed E-state index contributed by atoms with van der Waals surface area (Å²) in [5, 5.41) is 9.35. The van der Waals surface area contributed by atoms with E-state index in [1.807, 2.05) is 0 Å². The van der Waals surface area contributed by atoms with Gasteiger partial charge in [0.1, 0.15) is 16.3 Å². The number of hydrogen-bond acceptors (Lipinski definition) is 5. The number of pyridine rings is 1. The van der Waals surface area contributed by atoms with Crippen molar-refractivity contribution in [3.8, 4) is 16.3 Å². The molecular formula is C19H24NO4SSi. The number of nitrogens with zero attached hydrogens (tertiary/aromatic N) is 1. The SMILES string of the molecule is C[Si](C)OCc1nc2c(cc1C(C)(C)C)OCCc1cc(C(=O)O)sc1-2. The van der Waals surface area contributed by atoms with Gasteiger partial charge in [-0.3, -0.25) is 0 Å². The van der Waals surface area contributed by atoms with Crippen molar-refractivity contribution < 1.29 is 19.1 Å². The van der Waals surface area contributed by atoms with Gasteiger partial charge in [0, 0.05) is 6.42 Å². The standard InChI is InChI=1S/C19H24NO4SSi/c1-19(2,3)12-9-14-16(20-13(12)10-24-26(4)5)17-11(6-7-23-14)8-15(25-17)18(21)22/h8-9H,6-7,10H2,1-5H3,(H,21,22). The zero-order chi connectivity index (χ0) is 19.1. The Balaban J connectivity index is 2.16. The lowest BCUT2D eigenvalue weighted by Gasteiger charge is -2.24. The second kappa shape index (κ2) is 7.13. The van der Waals surface area contributed by atoms with E-state index >= 15 is 0 Å². The van der Waals surface area contributed by atoms with Crippen molar-refractivity contribution in [2.75, 3.05) is 6.61 Å². The van der Waals surface area contributed by atoms with Gasteiger partial charge < -0.3 is 14.3 Å². The zero-order valence-electron chi connectivity index (χ0n) is 15.8. The highest BCUT2D eigenvalue weighted by Crippen LogP contribution is 2.42. The number of aromatic nitrogens is 1. The van der Waals surface area contributed by atoms with Crippen LogP contribution in [0.5, 0.6) is 5.75 Å². The van der Waals surface area contributed by atoms with Crippen LogP contribution in [0.1, 0.15) is 47.3 Å². The largest absolute Gasteiger partial charge is 0.491 e. The fourth-order valence-corrected chi connectivity index (χ4v) is 4.44. The van der Waals surface area contributed by atoms with E-state index in [4.69, 9.17) is 14.1 Å². The van der Waals surface area contributed by atoms with Crippen LogP contribution < -0.4 is 4.74 Å². The van der Waals surface area contributed by atoms with Gasteiger partial charge in [-0.1, -0.05) is 20.8 Å². The van der Waals surface area contributed by atoms with Crippen LogP contribution in [-0.4, -0.2) is 31.7 Å². The Hall–Kier alpha value is -1.70. The van der Waals surface area contributed by atoms with Gasteiger partial charge in [-0.15, -0.1) is 11.3 Å². The van der Waals surface area contributed by atoms with Crippen molar-refractivity contribution in [1.29, 1.82) is 0 Å². The molecule has 26 heavy (non-hydrogen) atoms. The van der Waals surface area contributed by atoms with Crippen LogP contribution in [0, 0.1) is 0 Å². The lowest BCUT2D eigenvalue weighted by atomic mass is 9.85. The van der Waals surface area contributed by atoms with E-state index in [0.717, 1.165) is 33.1 Å². The van der Waals surface area contributed by atoms with Crippen LogP contribution >= 0.6 is 11.3 Å². The molecule has 0 aromatic carbocycles. The Bertz CT molecular complexity index is 839. The Morgan fingerprint density at radius 1 is 1.38 bits per heavy atom. The Morgan fingerprint density at radius 2 is 2.12 bits per heavy atom. The number of fused-ring (bicyclic) bond motifs is 3. The normalized spacial score (nSPS) is 13.8. The summed E-state index contributed by atoms with van der Waals surface area (Å²) in [5.41, 5.74) is 3.66. The third kappa shape index (κ3) is 3.84. The van der Waals surface area contributed by atoms with Crippen molar-refractivity contribution in [3.05, 3.63) is 33.8 Å². The molecule has 5 nitrogen and oxygen atoms in total. The van der Waals surface area contributed by atoms with Gasteiger partial charge in [0.15, 0.2) is 0 Å². The van der Waals surface area contributed by atoms with Crippen LogP contribution in [0.25, 0.3) is 10.6 Å². The minimum atomic E-state index is -0.899. The molecule has 1 aliphatic heterocycles. The first kappa shape index (κ1) is 19.1. The maximum absolute atomic E-state index is 11.4. The predicted octanol–water partition coefficient (Wildman–Crippen LogP) is 4.51. The minimum Gasteiger partial charge on any atom is -0.491 e. The summed E-state index contributed by atoms with van der Waals surface area (Å²) in [7, 11) is -0.835. The van der Waals surface area contributed by atoms with E-state index in [-0.39, 0.29) is 5.41 Å². The number of ether oxygens (including phenoxy) is 1. The molecule has 0 unspecified atom stereocenters. The number of rotatable bonds is 4. The van der Waals surface area contributed by atoms with E-state index < -0.39 is 15.0 Å². The fourth-order valence-electron chi connectivity index (χ4n) is 2.97. The second-order valence-corrected chi connectivity index (χ2v) is 10.8. The highest BCUT2D eigenvalue weighted by atomic mass is 32.1.